The van der Waals surface area contributed by atoms with Crippen LogP contribution in [0.4, 0.5) is 5.13 Å². The van der Waals surface area contributed by atoms with Crippen LogP contribution in [-0.2, 0) is 0 Å². The Morgan fingerprint density at radius 2 is 1.74 bits per heavy atom. The highest BCUT2D eigenvalue weighted by Crippen LogP contribution is 2.26. The number of aromatic nitrogens is 1. The Hall–Kier alpha value is -1.88. The Morgan fingerprint density at radius 1 is 1.09 bits per heavy atom. The van der Waals surface area contributed by atoms with Crippen molar-refractivity contribution < 1.29 is 4.79 Å². The van der Waals surface area contributed by atoms with Crippen LogP contribution in [0.15, 0.2) is 47.8 Å². The molecule has 1 amide bonds. The number of thiazole rings is 1. The number of amides is 1. The molecule has 1 heterocycles. The molecule has 0 saturated carbocycles. The fourth-order valence-electron chi connectivity index (χ4n) is 2.04. The Labute approximate surface area is 147 Å². The maximum absolute atomic E-state index is 12.2. The first-order valence-corrected chi connectivity index (χ1v) is 8.45. The standard InChI is InChI=1S/C17H12Cl2N2OS/c1-10-2-4-11(5-3-10)15-9-23-17(20-15)21-16(22)12-6-13(18)8-14(19)7-12/h2-9H,1H3,(H,20,21,22). The molecule has 2 aromatic carbocycles. The van der Waals surface area contributed by atoms with Gasteiger partial charge in [-0.2, -0.15) is 0 Å². The number of carbonyl (C=O) groups excluding carboxylic acids is 1. The first-order valence-electron chi connectivity index (χ1n) is 6.81. The van der Waals surface area contributed by atoms with Gasteiger partial charge in [-0.05, 0) is 25.1 Å². The highest BCUT2D eigenvalue weighted by atomic mass is 35.5. The largest absolute Gasteiger partial charge is 0.298 e. The smallest absolute Gasteiger partial charge is 0.257 e. The lowest BCUT2D eigenvalue weighted by molar-refractivity contribution is 0.102. The van der Waals surface area contributed by atoms with Crippen LogP contribution in [0.1, 0.15) is 15.9 Å². The van der Waals surface area contributed by atoms with E-state index < -0.39 is 0 Å². The van der Waals surface area contributed by atoms with Crippen LogP contribution in [-0.4, -0.2) is 10.9 Å². The fraction of sp³-hybridized carbons (Fsp3) is 0.0588. The highest BCUT2D eigenvalue weighted by Gasteiger charge is 2.11. The summed E-state index contributed by atoms with van der Waals surface area (Å²) >= 11 is 13.2. The number of benzene rings is 2. The molecule has 0 radical (unpaired) electrons. The third-order valence-electron chi connectivity index (χ3n) is 3.20. The van der Waals surface area contributed by atoms with E-state index in [1.54, 1.807) is 18.2 Å². The summed E-state index contributed by atoms with van der Waals surface area (Å²) in [5, 5.41) is 6.04. The van der Waals surface area contributed by atoms with Gasteiger partial charge in [-0.3, -0.25) is 10.1 Å². The number of nitrogens with zero attached hydrogens (tertiary/aromatic N) is 1. The molecule has 0 aliphatic heterocycles. The topological polar surface area (TPSA) is 42.0 Å². The average Bonchev–Trinajstić information content (AvgIpc) is 2.95. The summed E-state index contributed by atoms with van der Waals surface area (Å²) in [6, 6.07) is 12.8. The molecule has 3 rings (SSSR count). The highest BCUT2D eigenvalue weighted by molar-refractivity contribution is 7.14. The van der Waals surface area contributed by atoms with Crippen molar-refractivity contribution in [3.63, 3.8) is 0 Å². The van der Waals surface area contributed by atoms with Gasteiger partial charge in [0.05, 0.1) is 5.69 Å². The summed E-state index contributed by atoms with van der Waals surface area (Å²) in [6.45, 7) is 2.03. The molecule has 6 heteroatoms. The van der Waals surface area contributed by atoms with Gasteiger partial charge in [0.25, 0.3) is 5.91 Å². The second-order valence-electron chi connectivity index (χ2n) is 5.02. The molecule has 0 bridgehead atoms. The Bertz CT molecular complexity index is 839. The van der Waals surface area contributed by atoms with Crippen molar-refractivity contribution in [2.45, 2.75) is 6.92 Å². The molecule has 0 spiro atoms. The first kappa shape index (κ1) is 16.0. The van der Waals surface area contributed by atoms with Gasteiger partial charge in [0.15, 0.2) is 5.13 Å². The van der Waals surface area contributed by atoms with Crippen molar-refractivity contribution >= 4 is 45.6 Å². The van der Waals surface area contributed by atoms with Crippen LogP contribution in [0, 0.1) is 6.92 Å². The molecule has 0 aliphatic carbocycles. The maximum Gasteiger partial charge on any atom is 0.257 e. The molecule has 3 aromatic rings. The van der Waals surface area contributed by atoms with Crippen LogP contribution in [0.5, 0.6) is 0 Å². The van der Waals surface area contributed by atoms with Crippen molar-refractivity contribution in [2.24, 2.45) is 0 Å². The summed E-state index contributed by atoms with van der Waals surface area (Å²) in [6.07, 6.45) is 0. The lowest BCUT2D eigenvalue weighted by Crippen LogP contribution is -2.11. The van der Waals surface area contributed by atoms with E-state index in [4.69, 9.17) is 23.2 Å². The van der Waals surface area contributed by atoms with Crippen LogP contribution >= 0.6 is 34.5 Å². The van der Waals surface area contributed by atoms with Gasteiger partial charge >= 0.3 is 0 Å². The Kier molecular flexibility index (Phi) is 4.66. The summed E-state index contributed by atoms with van der Waals surface area (Å²) in [7, 11) is 0. The van der Waals surface area contributed by atoms with Crippen LogP contribution in [0.2, 0.25) is 10.0 Å². The normalized spacial score (nSPS) is 10.6. The molecule has 0 atom stereocenters. The molecule has 116 valence electrons. The van der Waals surface area contributed by atoms with Gasteiger partial charge in [0, 0.05) is 26.6 Å². The summed E-state index contributed by atoms with van der Waals surface area (Å²) in [4.78, 5) is 16.7. The quantitative estimate of drug-likeness (QED) is 0.651. The van der Waals surface area contributed by atoms with Gasteiger partial charge in [-0.15, -0.1) is 11.3 Å². The molecule has 1 N–H and O–H groups in total. The van der Waals surface area contributed by atoms with E-state index in [2.05, 4.69) is 10.3 Å². The number of rotatable bonds is 3. The number of nitrogens with one attached hydrogen (secondary N) is 1. The van der Waals surface area contributed by atoms with Gasteiger partial charge in [-0.25, -0.2) is 4.98 Å². The third kappa shape index (κ3) is 3.91. The van der Waals surface area contributed by atoms with E-state index in [1.807, 2.05) is 36.6 Å². The molecule has 0 saturated heterocycles. The summed E-state index contributed by atoms with van der Waals surface area (Å²) < 4.78 is 0. The van der Waals surface area contributed by atoms with Crippen molar-refractivity contribution in [3.8, 4) is 11.3 Å². The molecule has 0 unspecified atom stereocenters. The molecule has 1 aromatic heterocycles. The first-order chi connectivity index (χ1) is 11.0. The predicted octanol–water partition coefficient (Wildman–Crippen LogP) is 5.68. The Balaban J connectivity index is 1.78. The zero-order valence-electron chi connectivity index (χ0n) is 12.1. The molecule has 23 heavy (non-hydrogen) atoms. The van der Waals surface area contributed by atoms with E-state index in [-0.39, 0.29) is 5.91 Å². The zero-order valence-corrected chi connectivity index (χ0v) is 14.5. The maximum atomic E-state index is 12.2. The van der Waals surface area contributed by atoms with Crippen molar-refractivity contribution in [1.29, 1.82) is 0 Å². The van der Waals surface area contributed by atoms with Crippen LogP contribution < -0.4 is 5.32 Å². The second kappa shape index (κ2) is 6.71. The second-order valence-corrected chi connectivity index (χ2v) is 6.75. The number of hydrogen-bond donors (Lipinski definition) is 1. The lowest BCUT2D eigenvalue weighted by Gasteiger charge is -2.03. The number of halogens is 2. The SMILES string of the molecule is Cc1ccc(-c2csc(NC(=O)c3cc(Cl)cc(Cl)c3)n2)cc1. The van der Waals surface area contributed by atoms with Gasteiger partial charge in [0.1, 0.15) is 0 Å². The van der Waals surface area contributed by atoms with E-state index in [9.17, 15) is 4.79 Å². The van der Waals surface area contributed by atoms with Crippen molar-refractivity contribution in [2.75, 3.05) is 5.32 Å². The Morgan fingerprint density at radius 3 is 2.39 bits per heavy atom. The third-order valence-corrected chi connectivity index (χ3v) is 4.39. The number of aryl methyl sites for hydroxylation is 1. The van der Waals surface area contributed by atoms with Gasteiger partial charge in [0.2, 0.25) is 0 Å². The fourth-order valence-corrected chi connectivity index (χ4v) is 3.28. The van der Waals surface area contributed by atoms with E-state index in [1.165, 1.54) is 16.9 Å². The van der Waals surface area contributed by atoms with Crippen LogP contribution in [0.3, 0.4) is 0 Å². The predicted molar refractivity (Wildman–Crippen MR) is 96.7 cm³/mol. The molecule has 3 nitrogen and oxygen atoms in total. The monoisotopic (exact) mass is 362 g/mol. The van der Waals surface area contributed by atoms with Crippen LogP contribution in [0.25, 0.3) is 11.3 Å². The van der Waals surface area contributed by atoms with Gasteiger partial charge in [-0.1, -0.05) is 53.0 Å². The average molecular weight is 363 g/mol. The van der Waals surface area contributed by atoms with Gasteiger partial charge < -0.3 is 0 Å². The van der Waals surface area contributed by atoms with E-state index in [0.717, 1.165) is 11.3 Å². The number of anilines is 1. The van der Waals surface area contributed by atoms with E-state index >= 15 is 0 Å². The molecule has 0 fully saturated rings. The minimum atomic E-state index is -0.292. The minimum Gasteiger partial charge on any atom is -0.298 e. The zero-order chi connectivity index (χ0) is 16.4. The number of carbonyl (C=O) groups is 1. The molecule has 0 aliphatic rings. The van der Waals surface area contributed by atoms with Crippen molar-refractivity contribution in [1.82, 2.24) is 4.98 Å². The number of hydrogen-bond acceptors (Lipinski definition) is 3. The lowest BCUT2D eigenvalue weighted by atomic mass is 10.1. The minimum absolute atomic E-state index is 0.292. The van der Waals surface area contributed by atoms with Crippen molar-refractivity contribution in [3.05, 3.63) is 69.0 Å². The summed E-state index contributed by atoms with van der Waals surface area (Å²) in [5.41, 5.74) is 3.43. The summed E-state index contributed by atoms with van der Waals surface area (Å²) in [5.74, 6) is -0.292. The van der Waals surface area contributed by atoms with E-state index in [0.29, 0.717) is 20.7 Å². The molecular formula is C17H12Cl2N2OS. The molecular weight excluding hydrogens is 351 g/mol.